The molecule has 0 aliphatic carbocycles. The molecule has 0 unspecified atom stereocenters. The number of nitrogens with zero attached hydrogens (tertiary/aromatic N) is 3. The van der Waals surface area contributed by atoms with Crippen LogP contribution in [0.3, 0.4) is 0 Å². The standard InChI is InChI=1S/C19H26N4O2.HI/c1-5-25-18-15(10-8-12-21-18)13-22-19(20-2)23(3)14-16-9-6-7-11-17(16)24-4;/h6-12H,5,13-14H2,1-4H3,(H,20,22);1H. The van der Waals surface area contributed by atoms with E-state index in [1.807, 2.05) is 44.3 Å². The number of ether oxygens (including phenoxy) is 2. The maximum atomic E-state index is 5.57. The van der Waals surface area contributed by atoms with E-state index < -0.39 is 0 Å². The van der Waals surface area contributed by atoms with Crippen LogP contribution < -0.4 is 14.8 Å². The molecule has 1 heterocycles. The highest BCUT2D eigenvalue weighted by Crippen LogP contribution is 2.19. The number of nitrogens with one attached hydrogen (secondary N) is 1. The number of para-hydroxylation sites is 1. The fraction of sp³-hybridized carbons (Fsp3) is 0.368. The van der Waals surface area contributed by atoms with Crippen molar-refractivity contribution in [2.24, 2.45) is 4.99 Å². The Morgan fingerprint density at radius 3 is 2.62 bits per heavy atom. The zero-order chi connectivity index (χ0) is 18.1. The summed E-state index contributed by atoms with van der Waals surface area (Å²) < 4.78 is 11.0. The highest BCUT2D eigenvalue weighted by Gasteiger charge is 2.11. The summed E-state index contributed by atoms with van der Waals surface area (Å²) in [5, 5.41) is 3.36. The average Bonchev–Trinajstić information content (AvgIpc) is 2.64. The Morgan fingerprint density at radius 1 is 1.19 bits per heavy atom. The molecule has 1 aromatic carbocycles. The molecule has 1 N–H and O–H groups in total. The summed E-state index contributed by atoms with van der Waals surface area (Å²) in [6.45, 7) is 3.82. The summed E-state index contributed by atoms with van der Waals surface area (Å²) in [6.07, 6.45) is 1.73. The van der Waals surface area contributed by atoms with Gasteiger partial charge < -0.3 is 19.7 Å². The Hall–Kier alpha value is -2.03. The van der Waals surface area contributed by atoms with E-state index in [9.17, 15) is 0 Å². The number of aromatic nitrogens is 1. The molecular weight excluding hydrogens is 443 g/mol. The molecule has 0 saturated carbocycles. The predicted octanol–water partition coefficient (Wildman–Crippen LogP) is 3.31. The summed E-state index contributed by atoms with van der Waals surface area (Å²) in [7, 11) is 5.45. The molecule has 0 radical (unpaired) electrons. The summed E-state index contributed by atoms with van der Waals surface area (Å²) in [5.74, 6) is 2.31. The normalized spacial score (nSPS) is 10.7. The van der Waals surface area contributed by atoms with Crippen molar-refractivity contribution in [3.8, 4) is 11.6 Å². The van der Waals surface area contributed by atoms with Crippen molar-refractivity contribution in [3.63, 3.8) is 0 Å². The van der Waals surface area contributed by atoms with Crippen LogP contribution in [0.2, 0.25) is 0 Å². The monoisotopic (exact) mass is 470 g/mol. The number of rotatable bonds is 7. The van der Waals surface area contributed by atoms with Crippen LogP contribution in [0.5, 0.6) is 11.6 Å². The third-order valence-corrected chi connectivity index (χ3v) is 3.74. The quantitative estimate of drug-likeness (QED) is 0.382. The van der Waals surface area contributed by atoms with E-state index in [-0.39, 0.29) is 24.0 Å². The van der Waals surface area contributed by atoms with Gasteiger partial charge >= 0.3 is 0 Å². The summed E-state index contributed by atoms with van der Waals surface area (Å²) in [5.41, 5.74) is 2.10. The van der Waals surface area contributed by atoms with E-state index in [1.165, 1.54) is 0 Å². The molecular formula is C19H27IN4O2. The van der Waals surface area contributed by atoms with Gasteiger partial charge in [0.25, 0.3) is 0 Å². The van der Waals surface area contributed by atoms with Crippen molar-refractivity contribution in [3.05, 3.63) is 53.7 Å². The van der Waals surface area contributed by atoms with Crippen LogP contribution in [-0.4, -0.2) is 43.7 Å². The Morgan fingerprint density at radius 2 is 1.92 bits per heavy atom. The smallest absolute Gasteiger partial charge is 0.218 e. The van der Waals surface area contributed by atoms with Crippen LogP contribution in [0, 0.1) is 0 Å². The summed E-state index contributed by atoms with van der Waals surface area (Å²) in [6, 6.07) is 11.9. The maximum Gasteiger partial charge on any atom is 0.218 e. The molecule has 0 amide bonds. The van der Waals surface area contributed by atoms with E-state index in [0.29, 0.717) is 25.6 Å². The Balaban J connectivity index is 0.00000338. The Bertz CT molecular complexity index is 709. The lowest BCUT2D eigenvalue weighted by atomic mass is 10.2. The van der Waals surface area contributed by atoms with E-state index in [0.717, 1.165) is 22.8 Å². The van der Waals surface area contributed by atoms with Crippen LogP contribution in [0.25, 0.3) is 0 Å². The largest absolute Gasteiger partial charge is 0.496 e. The van der Waals surface area contributed by atoms with Gasteiger partial charge in [0.2, 0.25) is 5.88 Å². The molecule has 0 bridgehead atoms. The molecule has 142 valence electrons. The van der Waals surface area contributed by atoms with Crippen LogP contribution in [0.15, 0.2) is 47.6 Å². The summed E-state index contributed by atoms with van der Waals surface area (Å²) in [4.78, 5) is 10.7. The number of hydrogen-bond acceptors (Lipinski definition) is 4. The molecule has 0 saturated heterocycles. The van der Waals surface area contributed by atoms with Gasteiger partial charge in [0.1, 0.15) is 5.75 Å². The first-order valence-electron chi connectivity index (χ1n) is 8.30. The van der Waals surface area contributed by atoms with Crippen molar-refractivity contribution >= 4 is 29.9 Å². The van der Waals surface area contributed by atoms with Crippen molar-refractivity contribution in [1.82, 2.24) is 15.2 Å². The molecule has 26 heavy (non-hydrogen) atoms. The number of halogens is 1. The first-order chi connectivity index (χ1) is 12.2. The minimum absolute atomic E-state index is 0. The molecule has 0 aliphatic heterocycles. The zero-order valence-electron chi connectivity index (χ0n) is 15.7. The van der Waals surface area contributed by atoms with Gasteiger partial charge in [0, 0.05) is 44.5 Å². The first-order valence-corrected chi connectivity index (χ1v) is 8.30. The molecule has 0 spiro atoms. The van der Waals surface area contributed by atoms with Crippen molar-refractivity contribution in [2.75, 3.05) is 27.8 Å². The van der Waals surface area contributed by atoms with E-state index in [2.05, 4.69) is 26.3 Å². The van der Waals surface area contributed by atoms with Gasteiger partial charge in [0.15, 0.2) is 5.96 Å². The van der Waals surface area contributed by atoms with Gasteiger partial charge in [-0.3, -0.25) is 4.99 Å². The van der Waals surface area contributed by atoms with E-state index in [1.54, 1.807) is 20.4 Å². The van der Waals surface area contributed by atoms with Gasteiger partial charge in [-0.25, -0.2) is 4.98 Å². The Kier molecular flexibility index (Phi) is 9.79. The highest BCUT2D eigenvalue weighted by molar-refractivity contribution is 14.0. The molecule has 2 rings (SSSR count). The van der Waals surface area contributed by atoms with E-state index >= 15 is 0 Å². The SMILES string of the molecule is CCOc1ncccc1CNC(=NC)N(C)Cc1ccccc1OC.I. The minimum Gasteiger partial charge on any atom is -0.496 e. The second-order valence-corrected chi connectivity index (χ2v) is 5.47. The first kappa shape index (κ1) is 22.0. The lowest BCUT2D eigenvalue weighted by molar-refractivity contribution is 0.322. The number of aliphatic imine (C=N–C) groups is 1. The second-order valence-electron chi connectivity index (χ2n) is 5.47. The van der Waals surface area contributed by atoms with Crippen LogP contribution in [0.4, 0.5) is 0 Å². The number of hydrogen-bond donors (Lipinski definition) is 1. The lowest BCUT2D eigenvalue weighted by Gasteiger charge is -2.23. The summed E-state index contributed by atoms with van der Waals surface area (Å²) >= 11 is 0. The van der Waals surface area contributed by atoms with Crippen LogP contribution in [-0.2, 0) is 13.1 Å². The molecule has 0 atom stereocenters. The van der Waals surface area contributed by atoms with E-state index in [4.69, 9.17) is 9.47 Å². The van der Waals surface area contributed by atoms with Gasteiger partial charge in [-0.15, -0.1) is 24.0 Å². The zero-order valence-corrected chi connectivity index (χ0v) is 18.1. The van der Waals surface area contributed by atoms with Gasteiger partial charge in [-0.1, -0.05) is 24.3 Å². The molecule has 1 aromatic heterocycles. The van der Waals surface area contributed by atoms with Gasteiger partial charge in [0.05, 0.1) is 13.7 Å². The fourth-order valence-electron chi connectivity index (χ4n) is 2.55. The topological polar surface area (TPSA) is 59.0 Å². The van der Waals surface area contributed by atoms with Crippen molar-refractivity contribution < 1.29 is 9.47 Å². The van der Waals surface area contributed by atoms with Crippen molar-refractivity contribution in [2.45, 2.75) is 20.0 Å². The minimum atomic E-state index is 0. The fourth-order valence-corrected chi connectivity index (χ4v) is 2.55. The van der Waals surface area contributed by atoms with Crippen molar-refractivity contribution in [1.29, 1.82) is 0 Å². The number of pyridine rings is 1. The molecule has 6 nitrogen and oxygen atoms in total. The Labute approximate surface area is 172 Å². The molecule has 2 aromatic rings. The maximum absolute atomic E-state index is 5.57. The third kappa shape index (κ3) is 6.05. The molecule has 7 heteroatoms. The van der Waals surface area contributed by atoms with Gasteiger partial charge in [-0.05, 0) is 19.1 Å². The van der Waals surface area contributed by atoms with Gasteiger partial charge in [-0.2, -0.15) is 0 Å². The predicted molar refractivity (Wildman–Crippen MR) is 115 cm³/mol. The average molecular weight is 470 g/mol. The van der Waals surface area contributed by atoms with Crippen LogP contribution in [0.1, 0.15) is 18.1 Å². The number of guanidine groups is 1. The second kappa shape index (κ2) is 11.6. The molecule has 0 aliphatic rings. The highest BCUT2D eigenvalue weighted by atomic mass is 127. The van der Waals surface area contributed by atoms with Crippen LogP contribution >= 0.6 is 24.0 Å². The number of methoxy groups -OCH3 is 1. The number of benzene rings is 1. The lowest BCUT2D eigenvalue weighted by Crippen LogP contribution is -2.38. The third-order valence-electron chi connectivity index (χ3n) is 3.74. The molecule has 0 fully saturated rings.